The van der Waals surface area contributed by atoms with Crippen molar-refractivity contribution in [1.29, 1.82) is 0 Å². The highest BCUT2D eigenvalue weighted by Gasteiger charge is 2.26. The first-order chi connectivity index (χ1) is 15.8. The predicted octanol–water partition coefficient (Wildman–Crippen LogP) is 9.50. The fourth-order valence-electron chi connectivity index (χ4n) is 4.67. The minimum Gasteiger partial charge on any atom is -0.285 e. The van der Waals surface area contributed by atoms with Crippen LogP contribution >= 0.6 is 0 Å². The molecule has 1 atom stereocenters. The lowest BCUT2D eigenvalue weighted by Crippen LogP contribution is -2.19. The van der Waals surface area contributed by atoms with Crippen molar-refractivity contribution in [3.63, 3.8) is 0 Å². The van der Waals surface area contributed by atoms with E-state index in [1.54, 1.807) is 5.57 Å². The zero-order valence-electron chi connectivity index (χ0n) is 21.2. The van der Waals surface area contributed by atoms with Crippen LogP contribution in [-0.4, -0.2) is 6.21 Å². The Labute approximate surface area is 201 Å². The molecule has 2 aromatic carbocycles. The van der Waals surface area contributed by atoms with E-state index in [9.17, 15) is 0 Å². The maximum atomic E-state index is 4.76. The molecule has 0 saturated heterocycles. The summed E-state index contributed by atoms with van der Waals surface area (Å²) in [7, 11) is 0. The fourth-order valence-corrected chi connectivity index (χ4v) is 4.67. The summed E-state index contributed by atoms with van der Waals surface area (Å²) in [4.78, 5) is 4.76. The Hall–Kier alpha value is -2.93. The van der Waals surface area contributed by atoms with Gasteiger partial charge in [0, 0.05) is 6.21 Å². The van der Waals surface area contributed by atoms with Crippen LogP contribution in [0.1, 0.15) is 72.4 Å². The van der Waals surface area contributed by atoms with Crippen LogP contribution in [0.15, 0.2) is 106 Å². The maximum Gasteiger partial charge on any atom is 0.0726 e. The molecule has 0 bridgehead atoms. The first kappa shape index (κ1) is 24.7. The van der Waals surface area contributed by atoms with Crippen molar-refractivity contribution in [2.75, 3.05) is 0 Å². The Kier molecular flexibility index (Phi) is 8.44. The van der Waals surface area contributed by atoms with Crippen molar-refractivity contribution in [2.24, 2.45) is 10.4 Å². The average molecular weight is 438 g/mol. The highest BCUT2D eigenvalue weighted by atomic mass is 14.7. The summed E-state index contributed by atoms with van der Waals surface area (Å²) in [6.45, 7) is 13.5. The lowest BCUT2D eigenvalue weighted by atomic mass is 9.72. The molecule has 1 unspecified atom stereocenters. The molecule has 33 heavy (non-hydrogen) atoms. The van der Waals surface area contributed by atoms with Crippen molar-refractivity contribution in [2.45, 2.75) is 66.8 Å². The van der Waals surface area contributed by atoms with Gasteiger partial charge in [-0.1, -0.05) is 97.8 Å². The Balaban J connectivity index is 1.61. The molecule has 0 radical (unpaired) electrons. The molecule has 1 aliphatic carbocycles. The van der Waals surface area contributed by atoms with Gasteiger partial charge in [-0.05, 0) is 85.9 Å². The molecule has 0 spiro atoms. The molecule has 0 aromatic heterocycles. The molecule has 0 heterocycles. The topological polar surface area (TPSA) is 12.4 Å². The van der Waals surface area contributed by atoms with Crippen LogP contribution in [-0.2, 0) is 0 Å². The van der Waals surface area contributed by atoms with E-state index < -0.39 is 0 Å². The van der Waals surface area contributed by atoms with E-state index in [-0.39, 0.29) is 11.5 Å². The molecule has 172 valence electrons. The van der Waals surface area contributed by atoms with Gasteiger partial charge >= 0.3 is 0 Å². The quantitative estimate of drug-likeness (QED) is 0.302. The second-order valence-corrected chi connectivity index (χ2v) is 9.99. The van der Waals surface area contributed by atoms with Gasteiger partial charge in [-0.15, -0.1) is 0 Å². The second-order valence-electron chi connectivity index (χ2n) is 9.99. The van der Waals surface area contributed by atoms with Gasteiger partial charge in [-0.3, -0.25) is 4.99 Å². The van der Waals surface area contributed by atoms with Gasteiger partial charge in [-0.2, -0.15) is 0 Å². The van der Waals surface area contributed by atoms with E-state index in [4.69, 9.17) is 4.99 Å². The molecule has 3 rings (SSSR count). The van der Waals surface area contributed by atoms with Crippen LogP contribution in [0.5, 0.6) is 0 Å². The van der Waals surface area contributed by atoms with Gasteiger partial charge in [0.1, 0.15) is 0 Å². The van der Waals surface area contributed by atoms with Crippen LogP contribution in [0.4, 0.5) is 0 Å². The summed E-state index contributed by atoms with van der Waals surface area (Å²) in [5, 5.41) is 2.54. The zero-order chi connectivity index (χ0) is 23.8. The lowest BCUT2D eigenvalue weighted by Gasteiger charge is -2.32. The van der Waals surface area contributed by atoms with Crippen LogP contribution in [0.25, 0.3) is 10.8 Å². The third-order valence-corrected chi connectivity index (χ3v) is 6.69. The number of allylic oxidation sites excluding steroid dienone is 10. The van der Waals surface area contributed by atoms with Gasteiger partial charge < -0.3 is 0 Å². The number of fused-ring (bicyclic) bond motifs is 1. The minimum atomic E-state index is 0.123. The first-order valence-electron chi connectivity index (χ1n) is 12.2. The van der Waals surface area contributed by atoms with E-state index >= 15 is 0 Å². The molecule has 0 N–H and O–H groups in total. The highest BCUT2D eigenvalue weighted by molar-refractivity contribution is 5.86. The van der Waals surface area contributed by atoms with E-state index in [0.29, 0.717) is 0 Å². The van der Waals surface area contributed by atoms with Crippen LogP contribution < -0.4 is 0 Å². The first-order valence-corrected chi connectivity index (χ1v) is 12.2. The summed E-state index contributed by atoms with van der Waals surface area (Å²) in [6.07, 6.45) is 18.9. The molecule has 0 saturated carbocycles. The van der Waals surface area contributed by atoms with Gasteiger partial charge in [0.25, 0.3) is 0 Å². The number of benzene rings is 2. The molecule has 2 aromatic rings. The van der Waals surface area contributed by atoms with Crippen molar-refractivity contribution in [3.05, 3.63) is 107 Å². The third kappa shape index (κ3) is 6.78. The smallest absolute Gasteiger partial charge is 0.0726 e. The number of hydrogen-bond acceptors (Lipinski definition) is 1. The van der Waals surface area contributed by atoms with E-state index in [1.807, 2.05) is 6.21 Å². The van der Waals surface area contributed by atoms with E-state index in [1.165, 1.54) is 52.3 Å². The molecule has 0 fully saturated rings. The summed E-state index contributed by atoms with van der Waals surface area (Å²) >= 11 is 0. The third-order valence-electron chi connectivity index (χ3n) is 6.69. The summed E-state index contributed by atoms with van der Waals surface area (Å²) < 4.78 is 0. The number of aliphatic imine (C=N–C) groups is 1. The number of nitrogens with zero attached hydrogens (tertiary/aromatic N) is 1. The Morgan fingerprint density at radius 2 is 1.70 bits per heavy atom. The highest BCUT2D eigenvalue weighted by Crippen LogP contribution is 2.40. The molecule has 1 heteroatoms. The van der Waals surface area contributed by atoms with Gasteiger partial charge in [0.05, 0.1) is 6.04 Å². The molecule has 1 nitrogen and oxygen atoms in total. The normalized spacial score (nSPS) is 18.8. The Morgan fingerprint density at radius 3 is 2.48 bits per heavy atom. The molecule has 0 amide bonds. The molecule has 0 aliphatic heterocycles. The van der Waals surface area contributed by atoms with Crippen molar-refractivity contribution >= 4 is 17.0 Å². The maximum absolute atomic E-state index is 4.76. The Morgan fingerprint density at radius 1 is 0.970 bits per heavy atom. The summed E-state index contributed by atoms with van der Waals surface area (Å²) in [5.74, 6) is 0. The van der Waals surface area contributed by atoms with Crippen molar-refractivity contribution in [3.8, 4) is 0 Å². The predicted molar refractivity (Wildman–Crippen MR) is 147 cm³/mol. The van der Waals surface area contributed by atoms with E-state index in [0.717, 1.165) is 0 Å². The fraction of sp³-hybridized carbons (Fsp3) is 0.344. The molecular formula is C32H39N. The van der Waals surface area contributed by atoms with Crippen molar-refractivity contribution in [1.82, 2.24) is 0 Å². The Bertz CT molecular complexity index is 1140. The van der Waals surface area contributed by atoms with Gasteiger partial charge in [0.2, 0.25) is 0 Å². The molecule has 1 aliphatic rings. The lowest BCUT2D eigenvalue weighted by molar-refractivity contribution is 0.377. The largest absolute Gasteiger partial charge is 0.285 e. The minimum absolute atomic E-state index is 0.123. The summed E-state index contributed by atoms with van der Waals surface area (Å²) in [5.41, 5.74) is 7.06. The second kappa shape index (κ2) is 11.3. The van der Waals surface area contributed by atoms with Gasteiger partial charge in [-0.25, -0.2) is 0 Å². The number of rotatable bonds is 7. The standard InChI is InChI=1S/C32H39N/c1-24(19-20-31-26(3)14-11-22-32(31,5)6)12-9-13-25(2)21-23-33-27(4)29-18-10-16-28-15-7-8-17-30(28)29/h7-10,12-13,15-21,23,27H,11,14,22H2,1-6H3/b13-9+,20-19+,24-12+,25-21+,33-23?. The summed E-state index contributed by atoms with van der Waals surface area (Å²) in [6, 6.07) is 15.1. The monoisotopic (exact) mass is 437 g/mol. The number of hydrogen-bond donors (Lipinski definition) is 0. The van der Waals surface area contributed by atoms with Gasteiger partial charge in [0.15, 0.2) is 0 Å². The SMILES string of the molecule is CC1=C(/C=C/C(C)=C/C=C/C(C)=C/C=NC(C)c2cccc3ccccc23)C(C)(C)CCC1. The van der Waals surface area contributed by atoms with Crippen LogP contribution in [0.3, 0.4) is 0 Å². The van der Waals surface area contributed by atoms with Crippen LogP contribution in [0, 0.1) is 5.41 Å². The van der Waals surface area contributed by atoms with E-state index in [2.05, 4.69) is 120 Å². The average Bonchev–Trinajstić information content (AvgIpc) is 2.78. The van der Waals surface area contributed by atoms with Crippen LogP contribution in [0.2, 0.25) is 0 Å². The molecular weight excluding hydrogens is 398 g/mol. The van der Waals surface area contributed by atoms with Crippen molar-refractivity contribution < 1.29 is 0 Å². The zero-order valence-corrected chi connectivity index (χ0v) is 21.2.